The van der Waals surface area contributed by atoms with Crippen molar-refractivity contribution in [1.29, 1.82) is 0 Å². The number of rotatable bonds is 6. The Morgan fingerprint density at radius 2 is 1.77 bits per heavy atom. The van der Waals surface area contributed by atoms with Gasteiger partial charge in [-0.25, -0.2) is 4.79 Å². The van der Waals surface area contributed by atoms with Gasteiger partial charge in [-0.05, 0) is 36.8 Å². The third-order valence-corrected chi connectivity index (χ3v) is 3.74. The summed E-state index contributed by atoms with van der Waals surface area (Å²) in [7, 11) is 0. The van der Waals surface area contributed by atoms with Crippen molar-refractivity contribution in [2.24, 2.45) is 0 Å². The van der Waals surface area contributed by atoms with Crippen LogP contribution < -0.4 is 5.32 Å². The summed E-state index contributed by atoms with van der Waals surface area (Å²) in [6.07, 6.45) is 3.24. The molecule has 0 saturated carbocycles. The number of carbonyl (C=O) groups excluding carboxylic acids is 2. The molecule has 0 bridgehead atoms. The predicted molar refractivity (Wildman–Crippen MR) is 98.1 cm³/mol. The molecule has 1 N–H and O–H groups in total. The van der Waals surface area contributed by atoms with Gasteiger partial charge in [-0.15, -0.1) is 0 Å². The summed E-state index contributed by atoms with van der Waals surface area (Å²) in [5, 5.41) is 7.02. The lowest BCUT2D eigenvalue weighted by Crippen LogP contribution is -2.11. The molecule has 6 nitrogen and oxygen atoms in total. The summed E-state index contributed by atoms with van der Waals surface area (Å²) in [5.41, 5.74) is 2.62. The van der Waals surface area contributed by atoms with E-state index in [2.05, 4.69) is 10.4 Å². The number of anilines is 1. The molecule has 3 aromatic rings. The highest BCUT2D eigenvalue weighted by Crippen LogP contribution is 2.12. The number of nitrogens with one attached hydrogen (secondary N) is 1. The van der Waals surface area contributed by atoms with Gasteiger partial charge in [-0.1, -0.05) is 30.3 Å². The number of esters is 1. The minimum absolute atomic E-state index is 0.256. The third kappa shape index (κ3) is 4.36. The van der Waals surface area contributed by atoms with Gasteiger partial charge in [0.25, 0.3) is 5.91 Å². The number of ether oxygens (including phenoxy) is 1. The molecule has 0 saturated heterocycles. The molecule has 1 aromatic heterocycles. The van der Waals surface area contributed by atoms with Crippen LogP contribution in [0.1, 0.15) is 33.2 Å². The Morgan fingerprint density at radius 3 is 2.46 bits per heavy atom. The topological polar surface area (TPSA) is 73.2 Å². The second kappa shape index (κ2) is 8.11. The molecule has 0 fully saturated rings. The van der Waals surface area contributed by atoms with Gasteiger partial charge in [0.2, 0.25) is 0 Å². The Kier molecular flexibility index (Phi) is 5.43. The van der Waals surface area contributed by atoms with Crippen molar-refractivity contribution in [2.45, 2.75) is 13.5 Å². The van der Waals surface area contributed by atoms with Crippen molar-refractivity contribution in [3.63, 3.8) is 0 Å². The van der Waals surface area contributed by atoms with Crippen molar-refractivity contribution in [1.82, 2.24) is 9.78 Å². The predicted octanol–water partition coefficient (Wildman–Crippen LogP) is 3.36. The Hall–Kier alpha value is -3.41. The highest BCUT2D eigenvalue weighted by molar-refractivity contribution is 6.04. The number of aromatic nitrogens is 2. The third-order valence-electron chi connectivity index (χ3n) is 3.74. The molecular formula is C20H19N3O3. The molecule has 1 heterocycles. The van der Waals surface area contributed by atoms with Crippen LogP contribution in [-0.2, 0) is 11.3 Å². The first-order chi connectivity index (χ1) is 12.7. The number of carbonyl (C=O) groups is 2. The van der Waals surface area contributed by atoms with E-state index in [-0.39, 0.29) is 11.9 Å². The number of amides is 1. The van der Waals surface area contributed by atoms with Gasteiger partial charge >= 0.3 is 5.97 Å². The summed E-state index contributed by atoms with van der Waals surface area (Å²) in [4.78, 5) is 24.0. The van der Waals surface area contributed by atoms with E-state index >= 15 is 0 Å². The van der Waals surface area contributed by atoms with Crippen LogP contribution in [0.5, 0.6) is 0 Å². The van der Waals surface area contributed by atoms with Crippen LogP contribution in [0.25, 0.3) is 0 Å². The Labute approximate surface area is 151 Å². The van der Waals surface area contributed by atoms with Crippen molar-refractivity contribution in [3.8, 4) is 0 Å². The molecule has 0 radical (unpaired) electrons. The van der Waals surface area contributed by atoms with Crippen LogP contribution in [0.2, 0.25) is 0 Å². The molecule has 0 unspecified atom stereocenters. The van der Waals surface area contributed by atoms with E-state index < -0.39 is 0 Å². The highest BCUT2D eigenvalue weighted by atomic mass is 16.5. The van der Waals surface area contributed by atoms with Crippen molar-refractivity contribution >= 4 is 17.6 Å². The lowest BCUT2D eigenvalue weighted by molar-refractivity contribution is 0.0526. The first kappa shape index (κ1) is 17.4. The minimum atomic E-state index is -0.382. The maximum atomic E-state index is 12.3. The van der Waals surface area contributed by atoms with Crippen molar-refractivity contribution in [2.75, 3.05) is 11.9 Å². The SMILES string of the molecule is CCOC(=O)c1ccc(NC(=O)c2cnn(Cc3ccccc3)c2)cc1. The average molecular weight is 349 g/mol. The average Bonchev–Trinajstić information content (AvgIpc) is 3.12. The fraction of sp³-hybridized carbons (Fsp3) is 0.150. The minimum Gasteiger partial charge on any atom is -0.462 e. The molecule has 26 heavy (non-hydrogen) atoms. The van der Waals surface area contributed by atoms with Crippen molar-refractivity contribution < 1.29 is 14.3 Å². The molecule has 0 aliphatic rings. The van der Waals surface area contributed by atoms with E-state index in [1.807, 2.05) is 30.3 Å². The van der Waals surface area contributed by atoms with Crippen LogP contribution >= 0.6 is 0 Å². The van der Waals surface area contributed by atoms with Crippen LogP contribution in [-0.4, -0.2) is 28.3 Å². The van der Waals surface area contributed by atoms with E-state index in [0.717, 1.165) is 5.56 Å². The molecule has 2 aromatic carbocycles. The number of nitrogens with zero attached hydrogens (tertiary/aromatic N) is 2. The first-order valence-corrected chi connectivity index (χ1v) is 8.30. The van der Waals surface area contributed by atoms with Gasteiger partial charge < -0.3 is 10.1 Å². The summed E-state index contributed by atoms with van der Waals surface area (Å²) >= 11 is 0. The lowest BCUT2D eigenvalue weighted by atomic mass is 10.2. The van der Waals surface area contributed by atoms with Gasteiger partial charge in [0.05, 0.1) is 30.5 Å². The summed E-state index contributed by atoms with van der Waals surface area (Å²) in [6.45, 7) is 2.68. The fourth-order valence-corrected chi connectivity index (χ4v) is 2.45. The molecule has 3 rings (SSSR count). The van der Waals surface area contributed by atoms with Crippen LogP contribution in [0, 0.1) is 0 Å². The summed E-state index contributed by atoms with van der Waals surface area (Å²) < 4.78 is 6.65. The van der Waals surface area contributed by atoms with E-state index in [0.29, 0.717) is 30.0 Å². The standard InChI is InChI=1S/C20H19N3O3/c1-2-26-20(25)16-8-10-18(11-9-16)22-19(24)17-12-21-23(14-17)13-15-6-4-3-5-7-15/h3-12,14H,2,13H2,1H3,(H,22,24). The highest BCUT2D eigenvalue weighted by Gasteiger charge is 2.11. The van der Waals surface area contributed by atoms with E-state index in [4.69, 9.17) is 4.74 Å². The lowest BCUT2D eigenvalue weighted by Gasteiger charge is -2.05. The molecule has 0 atom stereocenters. The molecule has 0 aliphatic carbocycles. The van der Waals surface area contributed by atoms with Crippen LogP contribution in [0.3, 0.4) is 0 Å². The Morgan fingerprint density at radius 1 is 1.04 bits per heavy atom. The van der Waals surface area contributed by atoms with Crippen molar-refractivity contribution in [3.05, 3.63) is 83.7 Å². The summed E-state index contributed by atoms with van der Waals surface area (Å²) in [6, 6.07) is 16.5. The van der Waals surface area contributed by atoms with E-state index in [1.54, 1.807) is 42.1 Å². The molecule has 0 spiro atoms. The molecule has 6 heteroatoms. The molecule has 1 amide bonds. The zero-order chi connectivity index (χ0) is 18.4. The van der Waals surface area contributed by atoms with Gasteiger partial charge in [0.1, 0.15) is 0 Å². The van der Waals surface area contributed by atoms with Gasteiger partial charge in [-0.3, -0.25) is 9.48 Å². The van der Waals surface area contributed by atoms with E-state index in [1.165, 1.54) is 6.20 Å². The smallest absolute Gasteiger partial charge is 0.338 e. The summed E-state index contributed by atoms with van der Waals surface area (Å²) in [5.74, 6) is -0.638. The molecule has 0 aliphatic heterocycles. The Balaban J connectivity index is 1.62. The molecular weight excluding hydrogens is 330 g/mol. The zero-order valence-corrected chi connectivity index (χ0v) is 14.4. The number of hydrogen-bond donors (Lipinski definition) is 1. The van der Waals surface area contributed by atoms with Gasteiger partial charge in [0.15, 0.2) is 0 Å². The second-order valence-corrected chi connectivity index (χ2v) is 5.66. The van der Waals surface area contributed by atoms with Crippen LogP contribution in [0.15, 0.2) is 67.0 Å². The number of benzene rings is 2. The quantitative estimate of drug-likeness (QED) is 0.693. The normalized spacial score (nSPS) is 10.3. The number of hydrogen-bond acceptors (Lipinski definition) is 4. The first-order valence-electron chi connectivity index (χ1n) is 8.30. The fourth-order valence-electron chi connectivity index (χ4n) is 2.45. The monoisotopic (exact) mass is 349 g/mol. The Bertz CT molecular complexity index is 886. The van der Waals surface area contributed by atoms with Crippen LogP contribution in [0.4, 0.5) is 5.69 Å². The molecule has 132 valence electrons. The zero-order valence-electron chi connectivity index (χ0n) is 14.4. The maximum absolute atomic E-state index is 12.3. The van der Waals surface area contributed by atoms with Gasteiger partial charge in [0, 0.05) is 11.9 Å². The van der Waals surface area contributed by atoms with Gasteiger partial charge in [-0.2, -0.15) is 5.10 Å². The second-order valence-electron chi connectivity index (χ2n) is 5.66. The van der Waals surface area contributed by atoms with E-state index in [9.17, 15) is 9.59 Å². The maximum Gasteiger partial charge on any atom is 0.338 e. The largest absolute Gasteiger partial charge is 0.462 e.